The van der Waals surface area contributed by atoms with E-state index >= 15 is 0 Å². The quantitative estimate of drug-likeness (QED) is 0.177. The van der Waals surface area contributed by atoms with E-state index in [2.05, 4.69) is 169 Å². The van der Waals surface area contributed by atoms with Gasteiger partial charge in [-0.05, 0) is 17.0 Å². The van der Waals surface area contributed by atoms with Gasteiger partial charge in [-0.1, -0.05) is 32.9 Å². The number of aryl methyl sites for hydroxylation is 4. The first-order valence-electron chi connectivity index (χ1n) is 17.4. The van der Waals surface area contributed by atoms with Gasteiger partial charge in [0, 0.05) is 6.20 Å². The van der Waals surface area contributed by atoms with Gasteiger partial charge in [0.05, 0.1) is 0 Å². The molecule has 12 rings (SSSR count). The molecule has 6 heteroatoms. The summed E-state index contributed by atoms with van der Waals surface area (Å²) in [5.74, 6) is 2.49. The average Bonchev–Trinajstić information content (AvgIpc) is 3.64. The Balaban J connectivity index is 1.10. The summed E-state index contributed by atoms with van der Waals surface area (Å²) in [5, 5.41) is 2.37. The van der Waals surface area contributed by atoms with Crippen LogP contribution in [0, 0.1) is 3.80 Å². The second-order valence-electron chi connectivity index (χ2n) is 14.4. The molecule has 4 bridgehead atoms. The van der Waals surface area contributed by atoms with Crippen molar-refractivity contribution >= 4 is 27.3 Å². The molecule has 0 atom stereocenters. The number of rotatable bonds is 4. The van der Waals surface area contributed by atoms with Crippen LogP contribution in [0.1, 0.15) is 48.7 Å². The van der Waals surface area contributed by atoms with Crippen molar-refractivity contribution in [1.82, 2.24) is 18.5 Å². The second kappa shape index (κ2) is 12.1. The molecule has 0 saturated heterocycles. The van der Waals surface area contributed by atoms with Crippen molar-refractivity contribution in [3.8, 4) is 23.0 Å². The molecule has 0 spiro atoms. The first-order chi connectivity index (χ1) is 24.3. The van der Waals surface area contributed by atoms with E-state index in [0.29, 0.717) is 0 Å². The van der Waals surface area contributed by atoms with Crippen molar-refractivity contribution in [1.29, 1.82) is 0 Å². The summed E-state index contributed by atoms with van der Waals surface area (Å²) in [6.07, 6.45) is 8.26. The molecule has 0 N–H and O–H groups in total. The van der Waals surface area contributed by atoms with Crippen molar-refractivity contribution in [3.63, 3.8) is 0 Å². The molecular weight excluding hydrogens is 796 g/mol. The molecule has 8 aromatic rings. The fourth-order valence-corrected chi connectivity index (χ4v) is 8.42. The molecule has 4 aliphatic rings. The number of imidazole rings is 1. The number of fused-ring (bicyclic) bond motifs is 3. The molecule has 2 aliphatic carbocycles. The molecule has 0 fully saturated rings. The summed E-state index contributed by atoms with van der Waals surface area (Å²) in [5.41, 5.74) is 11.3. The van der Waals surface area contributed by atoms with Crippen molar-refractivity contribution in [2.24, 2.45) is 0 Å². The monoisotopic (exact) mass is 833 g/mol. The van der Waals surface area contributed by atoms with E-state index < -0.39 is 0 Å². The minimum absolute atomic E-state index is 0.0150. The first-order valence-corrected chi connectivity index (χ1v) is 18.5. The van der Waals surface area contributed by atoms with Gasteiger partial charge < -0.3 is 0 Å². The van der Waals surface area contributed by atoms with E-state index in [9.17, 15) is 0 Å². The minimum atomic E-state index is 0.0150. The number of aromatic nitrogens is 4. The van der Waals surface area contributed by atoms with Gasteiger partial charge in [-0.25, -0.2) is 0 Å². The van der Waals surface area contributed by atoms with Gasteiger partial charge in [-0.15, -0.1) is 0 Å². The average molecular weight is 834 g/mol. The third kappa shape index (κ3) is 5.45. The Morgan fingerprint density at radius 2 is 1.42 bits per heavy atom. The summed E-state index contributed by atoms with van der Waals surface area (Å²) >= 11 is 2.49. The number of pyridine rings is 2. The Bertz CT molecular complexity index is 2640. The van der Waals surface area contributed by atoms with Crippen LogP contribution in [0.3, 0.4) is 0 Å². The maximum absolute atomic E-state index is 6.64. The van der Waals surface area contributed by atoms with Crippen molar-refractivity contribution in [2.45, 2.75) is 51.9 Å². The van der Waals surface area contributed by atoms with Gasteiger partial charge in [0.2, 0.25) is 0 Å². The number of ether oxygens (including phenoxy) is 1. The van der Waals surface area contributed by atoms with Crippen molar-refractivity contribution in [3.05, 3.63) is 159 Å². The molecule has 0 amide bonds. The fraction of sp³-hybridized carbons (Fsp3) is 0.182. The SMILES string of the molecule is CC(C)(C)c1ccnc(-n2c3ccccc3c3ccc(Oc4cccc(-n5cc6c7ccc(n6[c]5=[Pt])CCc5ccc(cc5)CC7)c4)cc32)c1. The van der Waals surface area contributed by atoms with Crippen LogP contribution in [-0.2, 0) is 50.5 Å². The van der Waals surface area contributed by atoms with E-state index in [1.54, 1.807) is 0 Å². The summed E-state index contributed by atoms with van der Waals surface area (Å²) in [6.45, 7) is 6.72. The molecule has 0 radical (unpaired) electrons. The zero-order chi connectivity index (χ0) is 34.0. The zero-order valence-electron chi connectivity index (χ0n) is 28.5. The molecular formula is C44H38N4OPt. The Morgan fingerprint density at radius 1 is 0.660 bits per heavy atom. The molecule has 4 aromatic carbocycles. The normalized spacial score (nSPS) is 13.3. The van der Waals surface area contributed by atoms with Crippen LogP contribution in [-0.4, -0.2) is 18.5 Å². The Hall–Kier alpha value is -4.99. The van der Waals surface area contributed by atoms with Crippen LogP contribution in [0.5, 0.6) is 11.5 Å². The predicted octanol–water partition coefficient (Wildman–Crippen LogP) is 10.3. The number of hydrogen-bond donors (Lipinski definition) is 0. The standard InChI is InChI=1S/C44H38N4O.Pt/c1-44(2,3)33-23-24-45-43(25-33)48-40-10-5-4-9-38(40)39-22-21-37(27-41(39)48)49-36-8-6-7-35(26-36)46-28-42-32-17-15-30-11-13-31(14-12-30)16-19-34(20-18-32)47(42)29-46;/h4-14,18,20-28H,15-17,19H2,1-3H3;. The second-order valence-corrected chi connectivity index (χ2v) is 15.4. The molecule has 5 nitrogen and oxygen atoms in total. The van der Waals surface area contributed by atoms with E-state index in [-0.39, 0.29) is 5.41 Å². The van der Waals surface area contributed by atoms with Gasteiger partial charge in [-0.2, -0.15) is 0 Å². The number of para-hydroxylation sites is 1. The van der Waals surface area contributed by atoms with Crippen LogP contribution in [0.4, 0.5) is 0 Å². The number of nitrogens with zero attached hydrogens (tertiary/aromatic N) is 4. The van der Waals surface area contributed by atoms with Crippen LogP contribution >= 0.6 is 0 Å². The van der Waals surface area contributed by atoms with E-state index in [1.807, 2.05) is 12.3 Å². The molecule has 4 aromatic heterocycles. The number of hydrogen-bond acceptors (Lipinski definition) is 2. The number of benzene rings is 4. The summed E-state index contributed by atoms with van der Waals surface area (Å²) in [7, 11) is 0. The Morgan fingerprint density at radius 3 is 2.24 bits per heavy atom. The van der Waals surface area contributed by atoms with Gasteiger partial charge in [0.15, 0.2) is 0 Å². The third-order valence-corrected chi connectivity index (χ3v) is 11.2. The van der Waals surface area contributed by atoms with Crippen LogP contribution in [0.25, 0.3) is 38.8 Å². The zero-order valence-corrected chi connectivity index (χ0v) is 30.7. The maximum atomic E-state index is 6.64. The van der Waals surface area contributed by atoms with Crippen molar-refractivity contribution < 1.29 is 24.1 Å². The van der Waals surface area contributed by atoms with Gasteiger partial charge in [-0.3, -0.25) is 0 Å². The molecule has 0 saturated carbocycles. The molecule has 0 unspecified atom stereocenters. The summed E-state index contributed by atoms with van der Waals surface area (Å²) in [4.78, 5) is 4.85. The van der Waals surface area contributed by atoms with Crippen LogP contribution in [0.15, 0.2) is 128 Å². The predicted molar refractivity (Wildman–Crippen MR) is 199 cm³/mol. The third-order valence-electron chi connectivity index (χ3n) is 10.1. The topological polar surface area (TPSA) is 36.4 Å². The Kier molecular flexibility index (Phi) is 7.51. The molecule has 2 aliphatic heterocycles. The fourth-order valence-electron chi connectivity index (χ4n) is 7.38. The molecule has 50 heavy (non-hydrogen) atoms. The van der Waals surface area contributed by atoms with Crippen LogP contribution in [0.2, 0.25) is 0 Å². The summed E-state index contributed by atoms with van der Waals surface area (Å²) < 4.78 is 14.8. The first kappa shape index (κ1) is 31.0. The molecule has 250 valence electrons. The van der Waals surface area contributed by atoms with E-state index in [4.69, 9.17) is 9.72 Å². The van der Waals surface area contributed by atoms with Crippen LogP contribution < -0.4 is 4.74 Å². The van der Waals surface area contributed by atoms with E-state index in [1.165, 1.54) is 44.2 Å². The Labute approximate surface area is 302 Å². The van der Waals surface area contributed by atoms with Gasteiger partial charge in [0.1, 0.15) is 0 Å². The van der Waals surface area contributed by atoms with Gasteiger partial charge >= 0.3 is 248 Å². The van der Waals surface area contributed by atoms with E-state index in [0.717, 1.165) is 63.5 Å². The van der Waals surface area contributed by atoms with Crippen molar-refractivity contribution in [2.75, 3.05) is 0 Å². The molecule has 6 heterocycles. The summed E-state index contributed by atoms with van der Waals surface area (Å²) in [6, 6.07) is 41.6. The van der Waals surface area contributed by atoms with Gasteiger partial charge in [0.25, 0.3) is 0 Å².